The number of rotatable bonds is 4. The highest BCUT2D eigenvalue weighted by molar-refractivity contribution is 7.99. The number of carbonyl (C=O) groups is 1. The van der Waals surface area contributed by atoms with Crippen molar-refractivity contribution in [1.82, 2.24) is 9.97 Å². The second-order valence-corrected chi connectivity index (χ2v) is 9.87. The normalized spacial score (nSPS) is 20.1. The highest BCUT2D eigenvalue weighted by Crippen LogP contribution is 2.50. The van der Waals surface area contributed by atoms with Crippen molar-refractivity contribution in [3.05, 3.63) is 52.2 Å². The van der Waals surface area contributed by atoms with Crippen LogP contribution in [-0.2, 0) is 4.79 Å². The lowest BCUT2D eigenvalue weighted by atomic mass is 9.69. The predicted octanol–water partition coefficient (Wildman–Crippen LogP) is 5.07. The molecule has 5 nitrogen and oxygen atoms in total. The summed E-state index contributed by atoms with van der Waals surface area (Å²) >= 11 is 1.61. The van der Waals surface area contributed by atoms with E-state index in [-0.39, 0.29) is 17.1 Å². The molecule has 0 spiro atoms. The number of aryl methyl sites for hydroxylation is 1. The zero-order valence-electron chi connectivity index (χ0n) is 17.5. The number of anilines is 2. The molecule has 0 saturated heterocycles. The van der Waals surface area contributed by atoms with Crippen molar-refractivity contribution >= 4 is 29.2 Å². The quantitative estimate of drug-likeness (QED) is 0.543. The molecule has 1 aliphatic heterocycles. The fraction of sp³-hybridized carbons (Fsp3) is 0.435. The lowest BCUT2D eigenvalue weighted by molar-refractivity contribution is -0.118. The number of benzene rings is 1. The molecule has 3 N–H and O–H groups in total. The lowest BCUT2D eigenvalue weighted by Crippen LogP contribution is -2.34. The minimum Gasteiger partial charge on any atom is -0.383 e. The van der Waals surface area contributed by atoms with Gasteiger partial charge in [-0.3, -0.25) is 4.79 Å². The van der Waals surface area contributed by atoms with Gasteiger partial charge in [-0.25, -0.2) is 9.97 Å². The molecule has 0 radical (unpaired) electrons. The Morgan fingerprint density at radius 3 is 2.62 bits per heavy atom. The molecule has 2 aromatic rings. The fourth-order valence-corrected chi connectivity index (χ4v) is 4.97. The number of nitrogens with two attached hydrogens (primary N) is 1. The van der Waals surface area contributed by atoms with Crippen LogP contribution in [0.5, 0.6) is 0 Å². The van der Waals surface area contributed by atoms with Crippen LogP contribution in [0.3, 0.4) is 0 Å². The molecule has 0 bridgehead atoms. The minimum atomic E-state index is -0.226. The number of Topliss-reactive ketones (excluding diaryl/α,β-unsaturated/α-hetero) is 1. The number of nitrogen functional groups attached to an aromatic ring is 1. The van der Waals surface area contributed by atoms with Crippen molar-refractivity contribution in [3.8, 4) is 0 Å². The Morgan fingerprint density at radius 1 is 1.21 bits per heavy atom. The predicted molar refractivity (Wildman–Crippen MR) is 119 cm³/mol. The molecule has 1 aromatic heterocycles. The van der Waals surface area contributed by atoms with E-state index in [1.807, 2.05) is 0 Å². The van der Waals surface area contributed by atoms with Gasteiger partial charge in [-0.05, 0) is 30.7 Å². The van der Waals surface area contributed by atoms with Crippen LogP contribution in [0.2, 0.25) is 0 Å². The van der Waals surface area contributed by atoms with Crippen LogP contribution in [0.15, 0.2) is 40.7 Å². The van der Waals surface area contributed by atoms with Gasteiger partial charge in [0.05, 0.1) is 0 Å². The average molecular weight is 409 g/mol. The van der Waals surface area contributed by atoms with Crippen LogP contribution in [0, 0.1) is 12.3 Å². The number of thioether (sulfide) groups is 1. The number of hydrogen-bond acceptors (Lipinski definition) is 6. The van der Waals surface area contributed by atoms with Gasteiger partial charge in [0, 0.05) is 34.9 Å². The Labute approximate surface area is 176 Å². The van der Waals surface area contributed by atoms with Crippen molar-refractivity contribution < 1.29 is 4.79 Å². The number of hydrogen-bond donors (Lipinski definition) is 2. The molecule has 2 aliphatic rings. The molecule has 0 fully saturated rings. The summed E-state index contributed by atoms with van der Waals surface area (Å²) < 4.78 is 0. The van der Waals surface area contributed by atoms with Gasteiger partial charge >= 0.3 is 0 Å². The minimum absolute atomic E-state index is 0.0728. The fourth-order valence-electron chi connectivity index (χ4n) is 4.26. The van der Waals surface area contributed by atoms with Gasteiger partial charge in [0.15, 0.2) is 10.9 Å². The van der Waals surface area contributed by atoms with Gasteiger partial charge in [-0.15, -0.1) is 0 Å². The maximum Gasteiger partial charge on any atom is 0.191 e. The third kappa shape index (κ3) is 3.78. The molecule has 0 amide bonds. The SMILES string of the molecule is CCCSc1nc(N)c2c(n1)NC1=C(C(=O)CC(C)(C)C1)C2c1ccc(C)cc1. The van der Waals surface area contributed by atoms with Crippen LogP contribution in [0.4, 0.5) is 11.6 Å². The van der Waals surface area contributed by atoms with E-state index < -0.39 is 0 Å². The number of allylic oxidation sites excluding steroid dienone is 2. The van der Waals surface area contributed by atoms with Crippen LogP contribution in [0.1, 0.15) is 62.6 Å². The van der Waals surface area contributed by atoms with Gasteiger partial charge < -0.3 is 11.1 Å². The molecule has 6 heteroatoms. The molecule has 1 atom stereocenters. The maximum absolute atomic E-state index is 13.2. The van der Waals surface area contributed by atoms with Crippen molar-refractivity contribution in [2.24, 2.45) is 5.41 Å². The first kappa shape index (κ1) is 20.0. The Hall–Kier alpha value is -2.34. The standard InChI is InChI=1S/C23H28N4OS/c1-5-10-29-22-26-20(24)19-17(14-8-6-13(2)7-9-14)18-15(25-21(19)27-22)11-23(3,4)12-16(18)28/h6-9,17H,5,10-12H2,1-4H3,(H3,24,25,26,27). The average Bonchev–Trinajstić information content (AvgIpc) is 2.64. The molecule has 4 rings (SSSR count). The van der Waals surface area contributed by atoms with Crippen LogP contribution < -0.4 is 11.1 Å². The van der Waals surface area contributed by atoms with Gasteiger partial charge in [0.2, 0.25) is 0 Å². The van der Waals surface area contributed by atoms with Crippen LogP contribution >= 0.6 is 11.8 Å². The number of aromatic nitrogens is 2. The summed E-state index contributed by atoms with van der Waals surface area (Å²) in [5.41, 5.74) is 11.2. The van der Waals surface area contributed by atoms with E-state index in [2.05, 4.69) is 62.3 Å². The summed E-state index contributed by atoms with van der Waals surface area (Å²) in [6.07, 6.45) is 2.40. The van der Waals surface area contributed by atoms with E-state index in [4.69, 9.17) is 10.7 Å². The number of ketones is 1. The first-order valence-electron chi connectivity index (χ1n) is 10.2. The van der Waals surface area contributed by atoms with Crippen molar-refractivity contribution in [1.29, 1.82) is 0 Å². The largest absolute Gasteiger partial charge is 0.383 e. The highest BCUT2D eigenvalue weighted by atomic mass is 32.2. The summed E-state index contributed by atoms with van der Waals surface area (Å²) in [5, 5.41) is 4.15. The summed E-state index contributed by atoms with van der Waals surface area (Å²) in [7, 11) is 0. The zero-order chi connectivity index (χ0) is 20.8. The Morgan fingerprint density at radius 2 is 1.93 bits per heavy atom. The highest BCUT2D eigenvalue weighted by Gasteiger charge is 2.42. The molecule has 0 saturated carbocycles. The van der Waals surface area contributed by atoms with E-state index >= 15 is 0 Å². The topological polar surface area (TPSA) is 80.9 Å². The molecule has 152 valence electrons. The molecular weight excluding hydrogens is 380 g/mol. The first-order valence-corrected chi connectivity index (χ1v) is 11.2. The van der Waals surface area contributed by atoms with E-state index in [1.54, 1.807) is 11.8 Å². The summed E-state index contributed by atoms with van der Waals surface area (Å²) in [4.78, 5) is 22.6. The number of fused-ring (bicyclic) bond motifs is 1. The van der Waals surface area contributed by atoms with Gasteiger partial charge in [-0.2, -0.15) is 0 Å². The molecule has 29 heavy (non-hydrogen) atoms. The first-order chi connectivity index (χ1) is 13.8. The second kappa shape index (κ2) is 7.48. The zero-order valence-corrected chi connectivity index (χ0v) is 18.3. The summed E-state index contributed by atoms with van der Waals surface area (Å²) in [6.45, 7) is 8.48. The van der Waals surface area contributed by atoms with Crippen LogP contribution in [-0.4, -0.2) is 21.5 Å². The Balaban J connectivity index is 1.89. The summed E-state index contributed by atoms with van der Waals surface area (Å²) in [5.74, 6) is 2.10. The monoisotopic (exact) mass is 408 g/mol. The van der Waals surface area contributed by atoms with E-state index in [1.165, 1.54) is 5.56 Å². The Kier molecular flexibility index (Phi) is 5.15. The van der Waals surface area contributed by atoms with E-state index in [0.29, 0.717) is 17.4 Å². The van der Waals surface area contributed by atoms with E-state index in [0.717, 1.165) is 46.8 Å². The summed E-state index contributed by atoms with van der Waals surface area (Å²) in [6, 6.07) is 8.34. The smallest absolute Gasteiger partial charge is 0.191 e. The maximum atomic E-state index is 13.2. The molecule has 2 heterocycles. The third-order valence-corrected chi connectivity index (χ3v) is 6.62. The van der Waals surface area contributed by atoms with Gasteiger partial charge in [-0.1, -0.05) is 62.4 Å². The van der Waals surface area contributed by atoms with Crippen molar-refractivity contribution in [2.75, 3.05) is 16.8 Å². The molecule has 1 aliphatic carbocycles. The number of carbonyl (C=O) groups excluding carboxylic acids is 1. The van der Waals surface area contributed by atoms with Crippen LogP contribution in [0.25, 0.3) is 0 Å². The number of nitrogens with zero attached hydrogens (tertiary/aromatic N) is 2. The lowest BCUT2D eigenvalue weighted by Gasteiger charge is -2.39. The second-order valence-electron chi connectivity index (χ2n) is 8.80. The Bertz CT molecular complexity index is 995. The van der Waals surface area contributed by atoms with Gasteiger partial charge in [0.25, 0.3) is 0 Å². The molecule has 1 unspecified atom stereocenters. The van der Waals surface area contributed by atoms with E-state index in [9.17, 15) is 4.79 Å². The van der Waals surface area contributed by atoms with Gasteiger partial charge in [0.1, 0.15) is 11.6 Å². The molecular formula is C23H28N4OS. The molecule has 1 aromatic carbocycles. The van der Waals surface area contributed by atoms with Crippen molar-refractivity contribution in [3.63, 3.8) is 0 Å². The number of nitrogens with one attached hydrogen (secondary N) is 1. The third-order valence-electron chi connectivity index (χ3n) is 5.57. The van der Waals surface area contributed by atoms with Crippen molar-refractivity contribution in [2.45, 2.75) is 58.0 Å².